The zero-order valence-corrected chi connectivity index (χ0v) is 8.27. The van der Waals surface area contributed by atoms with E-state index in [2.05, 4.69) is 30.3 Å². The van der Waals surface area contributed by atoms with Crippen molar-refractivity contribution >= 4 is 18.2 Å². The Hall–Kier alpha value is -0.180. The summed E-state index contributed by atoms with van der Waals surface area (Å²) in [5.41, 5.74) is 0. The first-order chi connectivity index (χ1) is 5.25. The van der Waals surface area contributed by atoms with Gasteiger partial charge in [0.2, 0.25) is 0 Å². The molecule has 1 aliphatic rings. The van der Waals surface area contributed by atoms with Gasteiger partial charge in [0, 0.05) is 17.9 Å². The van der Waals surface area contributed by atoms with Crippen LogP contribution in [0.4, 0.5) is 0 Å². The second-order valence-corrected chi connectivity index (χ2v) is 4.04. The van der Waals surface area contributed by atoms with Gasteiger partial charge in [-0.25, -0.2) is 4.41 Å². The molecule has 0 saturated carbocycles. The van der Waals surface area contributed by atoms with E-state index in [9.17, 15) is 0 Å². The molecule has 0 N–H and O–H groups in total. The van der Waals surface area contributed by atoms with Gasteiger partial charge in [-0.2, -0.15) is 5.10 Å². The molecule has 0 aromatic carbocycles. The maximum atomic E-state index is 4.31. The minimum atomic E-state index is 0.576. The predicted octanol–water partition coefficient (Wildman–Crippen LogP) is 2.37. The summed E-state index contributed by atoms with van der Waals surface area (Å²) in [5, 5.41) is 4.31. The Labute approximate surface area is 73.2 Å². The topological polar surface area (TPSA) is 15.6 Å². The van der Waals surface area contributed by atoms with E-state index in [0.29, 0.717) is 12.0 Å². The molecule has 3 heteroatoms. The van der Waals surface area contributed by atoms with Gasteiger partial charge in [-0.3, -0.25) is 0 Å². The van der Waals surface area contributed by atoms with E-state index in [4.69, 9.17) is 0 Å². The average molecular weight is 172 g/mol. The van der Waals surface area contributed by atoms with Crippen LogP contribution in [-0.4, -0.2) is 22.4 Å². The lowest BCUT2D eigenvalue weighted by Crippen LogP contribution is -2.22. The lowest BCUT2D eigenvalue weighted by molar-refractivity contribution is 0.386. The Morgan fingerprint density at radius 1 is 1.55 bits per heavy atom. The second kappa shape index (κ2) is 4.00. The van der Waals surface area contributed by atoms with Crippen LogP contribution in [0.25, 0.3) is 0 Å². The van der Waals surface area contributed by atoms with Crippen LogP contribution in [0.15, 0.2) is 5.10 Å². The molecule has 1 aliphatic heterocycles. The fourth-order valence-electron chi connectivity index (χ4n) is 0.937. The van der Waals surface area contributed by atoms with E-state index >= 15 is 0 Å². The second-order valence-electron chi connectivity index (χ2n) is 3.00. The Balaban J connectivity index is 2.31. The highest BCUT2D eigenvalue weighted by atomic mass is 32.2. The van der Waals surface area contributed by atoms with E-state index in [-0.39, 0.29) is 0 Å². The van der Waals surface area contributed by atoms with Crippen LogP contribution in [-0.2, 0) is 0 Å². The van der Waals surface area contributed by atoms with Crippen molar-refractivity contribution < 1.29 is 0 Å². The molecule has 64 valence electrons. The molecule has 0 bridgehead atoms. The lowest BCUT2D eigenvalue weighted by Gasteiger charge is -2.20. The Bertz CT molecular complexity index is 147. The number of nitrogens with zero attached hydrogens (tertiary/aromatic N) is 2. The third-order valence-electron chi connectivity index (χ3n) is 1.95. The Morgan fingerprint density at radius 3 is 2.73 bits per heavy atom. The van der Waals surface area contributed by atoms with Gasteiger partial charge in [0.05, 0.1) is 6.04 Å². The molecule has 0 aliphatic carbocycles. The molecule has 0 radical (unpaired) electrons. The van der Waals surface area contributed by atoms with Gasteiger partial charge in [0.25, 0.3) is 0 Å². The summed E-state index contributed by atoms with van der Waals surface area (Å²) in [6.45, 7) is 6.63. The third-order valence-corrected chi connectivity index (χ3v) is 3.23. The molecule has 0 aromatic heterocycles. The minimum absolute atomic E-state index is 0.576. The molecule has 0 saturated heterocycles. The van der Waals surface area contributed by atoms with Gasteiger partial charge < -0.3 is 0 Å². The Kier molecular flexibility index (Phi) is 3.24. The van der Waals surface area contributed by atoms with Crippen LogP contribution in [0.1, 0.15) is 27.2 Å². The van der Waals surface area contributed by atoms with Crippen LogP contribution >= 0.6 is 11.9 Å². The SMILES string of the molecule is CCCSN1N=CC(C)[C@@H]1C. The summed E-state index contributed by atoms with van der Waals surface area (Å²) in [7, 11) is 0. The molecule has 2 atom stereocenters. The van der Waals surface area contributed by atoms with Gasteiger partial charge in [-0.15, -0.1) is 0 Å². The van der Waals surface area contributed by atoms with Crippen molar-refractivity contribution in [3.63, 3.8) is 0 Å². The summed E-state index contributed by atoms with van der Waals surface area (Å²) in [6.07, 6.45) is 3.26. The quantitative estimate of drug-likeness (QED) is 0.607. The number of rotatable bonds is 3. The highest BCUT2D eigenvalue weighted by Crippen LogP contribution is 2.24. The highest BCUT2D eigenvalue weighted by molar-refractivity contribution is 7.97. The molecule has 1 unspecified atom stereocenters. The van der Waals surface area contributed by atoms with E-state index in [1.54, 1.807) is 0 Å². The zero-order chi connectivity index (χ0) is 8.27. The predicted molar refractivity (Wildman–Crippen MR) is 51.7 cm³/mol. The summed E-state index contributed by atoms with van der Waals surface area (Å²) < 4.78 is 2.12. The van der Waals surface area contributed by atoms with Crippen molar-refractivity contribution in [1.29, 1.82) is 0 Å². The van der Waals surface area contributed by atoms with Crippen LogP contribution < -0.4 is 0 Å². The molecule has 2 nitrogen and oxygen atoms in total. The molecular formula is C8H16N2S. The Morgan fingerprint density at radius 2 is 2.27 bits per heavy atom. The van der Waals surface area contributed by atoms with Crippen molar-refractivity contribution in [2.24, 2.45) is 11.0 Å². The summed E-state index contributed by atoms with van der Waals surface area (Å²) in [4.78, 5) is 0. The van der Waals surface area contributed by atoms with Crippen molar-refractivity contribution in [1.82, 2.24) is 4.41 Å². The third kappa shape index (κ3) is 2.12. The van der Waals surface area contributed by atoms with Crippen molar-refractivity contribution in [2.45, 2.75) is 33.2 Å². The average Bonchev–Trinajstić information content (AvgIpc) is 2.31. The van der Waals surface area contributed by atoms with Gasteiger partial charge in [0.1, 0.15) is 0 Å². The van der Waals surface area contributed by atoms with Gasteiger partial charge in [-0.1, -0.05) is 13.8 Å². The fourth-order valence-corrected chi connectivity index (χ4v) is 1.86. The van der Waals surface area contributed by atoms with E-state index in [0.717, 1.165) is 0 Å². The van der Waals surface area contributed by atoms with Crippen LogP contribution in [0.5, 0.6) is 0 Å². The van der Waals surface area contributed by atoms with Crippen LogP contribution in [0, 0.1) is 5.92 Å². The molecular weight excluding hydrogens is 156 g/mol. The summed E-state index contributed by atoms with van der Waals surface area (Å²) >= 11 is 1.83. The van der Waals surface area contributed by atoms with Crippen LogP contribution in [0.3, 0.4) is 0 Å². The van der Waals surface area contributed by atoms with Gasteiger partial charge >= 0.3 is 0 Å². The lowest BCUT2D eigenvalue weighted by atomic mass is 10.1. The first-order valence-electron chi connectivity index (χ1n) is 4.22. The number of hydrogen-bond acceptors (Lipinski definition) is 3. The first-order valence-corrected chi connectivity index (χ1v) is 5.16. The van der Waals surface area contributed by atoms with Crippen molar-refractivity contribution in [3.05, 3.63) is 0 Å². The monoisotopic (exact) mass is 172 g/mol. The maximum absolute atomic E-state index is 4.31. The molecule has 0 amide bonds. The largest absolute Gasteiger partial charge is 0.236 e. The van der Waals surface area contributed by atoms with E-state index in [1.807, 2.05) is 18.2 Å². The normalized spacial score (nSPS) is 29.9. The minimum Gasteiger partial charge on any atom is -0.236 e. The van der Waals surface area contributed by atoms with Gasteiger partial charge in [0.15, 0.2) is 0 Å². The summed E-state index contributed by atoms with van der Waals surface area (Å²) in [5.74, 6) is 1.79. The smallest absolute Gasteiger partial charge is 0.0639 e. The maximum Gasteiger partial charge on any atom is 0.0639 e. The van der Waals surface area contributed by atoms with E-state index < -0.39 is 0 Å². The highest BCUT2D eigenvalue weighted by Gasteiger charge is 2.22. The molecule has 0 spiro atoms. The van der Waals surface area contributed by atoms with Crippen molar-refractivity contribution in [2.75, 3.05) is 5.75 Å². The number of hydrogen-bond donors (Lipinski definition) is 0. The molecule has 0 aromatic rings. The first kappa shape index (κ1) is 8.91. The van der Waals surface area contributed by atoms with Gasteiger partial charge in [-0.05, 0) is 25.3 Å². The summed E-state index contributed by atoms with van der Waals surface area (Å²) in [6, 6.07) is 0.576. The van der Waals surface area contributed by atoms with E-state index in [1.165, 1.54) is 12.2 Å². The standard InChI is InChI=1S/C8H16N2S/c1-4-5-11-10-8(3)7(2)6-9-10/h6-8H,4-5H2,1-3H3/t7?,8-/m0/s1. The number of hydrazone groups is 1. The molecule has 0 fully saturated rings. The van der Waals surface area contributed by atoms with Crippen molar-refractivity contribution in [3.8, 4) is 0 Å². The van der Waals surface area contributed by atoms with Crippen LogP contribution in [0.2, 0.25) is 0 Å². The zero-order valence-electron chi connectivity index (χ0n) is 7.45. The fraction of sp³-hybridized carbons (Fsp3) is 0.875. The molecule has 1 heterocycles. The molecule has 11 heavy (non-hydrogen) atoms. The molecule has 1 rings (SSSR count).